The predicted molar refractivity (Wildman–Crippen MR) is 73.7 cm³/mol. The Morgan fingerprint density at radius 1 is 1.10 bits per heavy atom. The van der Waals surface area contributed by atoms with E-state index in [0.29, 0.717) is 13.0 Å². The standard InChI is InChI=1S/C15H22F3NO/c1-11-8-12(2)10-13(9-11)14(20)4-6-19(3)7-5-15(16,17)18/h8-10,14,20H,4-7H2,1-3H3. The lowest BCUT2D eigenvalue weighted by Crippen LogP contribution is -2.26. The quantitative estimate of drug-likeness (QED) is 0.864. The monoisotopic (exact) mass is 289 g/mol. The summed E-state index contributed by atoms with van der Waals surface area (Å²) in [5.41, 5.74) is 2.97. The normalized spacial score (nSPS) is 13.8. The molecule has 0 heterocycles. The van der Waals surface area contributed by atoms with Crippen molar-refractivity contribution in [3.63, 3.8) is 0 Å². The highest BCUT2D eigenvalue weighted by Crippen LogP contribution is 2.21. The van der Waals surface area contributed by atoms with Gasteiger partial charge in [0.05, 0.1) is 12.5 Å². The Balaban J connectivity index is 2.44. The van der Waals surface area contributed by atoms with E-state index < -0.39 is 18.7 Å². The van der Waals surface area contributed by atoms with Gasteiger partial charge >= 0.3 is 6.18 Å². The Labute approximate surface area is 118 Å². The van der Waals surface area contributed by atoms with Crippen LogP contribution in [0.3, 0.4) is 0 Å². The predicted octanol–water partition coefficient (Wildman–Crippen LogP) is 3.61. The fraction of sp³-hybridized carbons (Fsp3) is 0.600. The number of benzene rings is 1. The first kappa shape index (κ1) is 17.0. The molecule has 1 aromatic rings. The maximum Gasteiger partial charge on any atom is 0.390 e. The van der Waals surface area contributed by atoms with Crippen molar-refractivity contribution in [2.75, 3.05) is 20.1 Å². The van der Waals surface area contributed by atoms with E-state index in [2.05, 4.69) is 0 Å². The van der Waals surface area contributed by atoms with Gasteiger partial charge in [-0.05, 0) is 32.9 Å². The van der Waals surface area contributed by atoms with E-state index in [1.807, 2.05) is 32.0 Å². The van der Waals surface area contributed by atoms with Gasteiger partial charge < -0.3 is 10.0 Å². The van der Waals surface area contributed by atoms with Gasteiger partial charge in [-0.25, -0.2) is 0 Å². The average Bonchev–Trinajstić information content (AvgIpc) is 2.31. The van der Waals surface area contributed by atoms with Gasteiger partial charge in [-0.15, -0.1) is 0 Å². The number of aliphatic hydroxyl groups is 1. The third-order valence-electron chi connectivity index (χ3n) is 3.19. The van der Waals surface area contributed by atoms with Crippen LogP contribution < -0.4 is 0 Å². The van der Waals surface area contributed by atoms with Crippen LogP contribution in [-0.4, -0.2) is 36.3 Å². The third-order valence-corrected chi connectivity index (χ3v) is 3.19. The van der Waals surface area contributed by atoms with Crippen molar-refractivity contribution in [1.82, 2.24) is 4.90 Å². The summed E-state index contributed by atoms with van der Waals surface area (Å²) in [5, 5.41) is 10.1. The number of hydrogen-bond donors (Lipinski definition) is 1. The van der Waals surface area contributed by atoms with Gasteiger partial charge in [0, 0.05) is 13.1 Å². The van der Waals surface area contributed by atoms with E-state index in [-0.39, 0.29) is 6.54 Å². The zero-order valence-corrected chi connectivity index (χ0v) is 12.2. The van der Waals surface area contributed by atoms with Crippen molar-refractivity contribution >= 4 is 0 Å². The topological polar surface area (TPSA) is 23.5 Å². The van der Waals surface area contributed by atoms with Crippen molar-refractivity contribution in [3.8, 4) is 0 Å². The third kappa shape index (κ3) is 6.39. The molecule has 0 bridgehead atoms. The Morgan fingerprint density at radius 2 is 1.65 bits per heavy atom. The maximum absolute atomic E-state index is 12.1. The molecular weight excluding hydrogens is 267 g/mol. The van der Waals surface area contributed by atoms with Gasteiger partial charge in [0.15, 0.2) is 0 Å². The van der Waals surface area contributed by atoms with Gasteiger partial charge in [-0.3, -0.25) is 0 Å². The van der Waals surface area contributed by atoms with Gasteiger partial charge in [-0.2, -0.15) is 13.2 Å². The van der Waals surface area contributed by atoms with Gasteiger partial charge in [0.25, 0.3) is 0 Å². The molecule has 20 heavy (non-hydrogen) atoms. The van der Waals surface area contributed by atoms with Crippen molar-refractivity contribution in [2.24, 2.45) is 0 Å². The van der Waals surface area contributed by atoms with Crippen molar-refractivity contribution in [1.29, 1.82) is 0 Å². The molecule has 114 valence electrons. The average molecular weight is 289 g/mol. The number of nitrogens with zero attached hydrogens (tertiary/aromatic N) is 1. The van der Waals surface area contributed by atoms with Crippen LogP contribution in [0, 0.1) is 13.8 Å². The smallest absolute Gasteiger partial charge is 0.388 e. The van der Waals surface area contributed by atoms with E-state index in [9.17, 15) is 18.3 Å². The minimum atomic E-state index is -4.12. The maximum atomic E-state index is 12.1. The highest BCUT2D eigenvalue weighted by atomic mass is 19.4. The van der Waals surface area contributed by atoms with Crippen LogP contribution in [-0.2, 0) is 0 Å². The zero-order valence-electron chi connectivity index (χ0n) is 12.2. The minimum absolute atomic E-state index is 0.0386. The number of aryl methyl sites for hydroxylation is 2. The van der Waals surface area contributed by atoms with Crippen LogP contribution in [0.5, 0.6) is 0 Å². The van der Waals surface area contributed by atoms with Gasteiger partial charge in [0.2, 0.25) is 0 Å². The molecule has 0 fully saturated rings. The molecule has 5 heteroatoms. The van der Waals surface area contributed by atoms with E-state index in [1.165, 1.54) is 0 Å². The largest absolute Gasteiger partial charge is 0.390 e. The molecule has 0 aliphatic carbocycles. The molecule has 0 saturated heterocycles. The van der Waals surface area contributed by atoms with Gasteiger partial charge in [-0.1, -0.05) is 29.3 Å². The number of hydrogen-bond acceptors (Lipinski definition) is 2. The lowest BCUT2D eigenvalue weighted by molar-refractivity contribution is -0.137. The molecule has 1 atom stereocenters. The summed E-state index contributed by atoms with van der Waals surface area (Å²) in [7, 11) is 1.64. The Kier molecular flexibility index (Phi) is 6.02. The molecule has 0 aliphatic heterocycles. The molecule has 0 saturated carbocycles. The molecule has 1 unspecified atom stereocenters. The highest BCUT2D eigenvalue weighted by molar-refractivity contribution is 5.29. The minimum Gasteiger partial charge on any atom is -0.388 e. The fourth-order valence-corrected chi connectivity index (χ4v) is 2.14. The van der Waals surface area contributed by atoms with E-state index in [0.717, 1.165) is 16.7 Å². The summed E-state index contributed by atoms with van der Waals surface area (Å²) < 4.78 is 36.3. The van der Waals surface area contributed by atoms with Crippen LogP contribution in [0.2, 0.25) is 0 Å². The summed E-state index contributed by atoms with van der Waals surface area (Å²) in [5.74, 6) is 0. The van der Waals surface area contributed by atoms with E-state index in [4.69, 9.17) is 0 Å². The molecule has 1 aromatic carbocycles. The molecule has 0 spiro atoms. The van der Waals surface area contributed by atoms with Crippen LogP contribution in [0.15, 0.2) is 18.2 Å². The van der Waals surface area contributed by atoms with Crippen LogP contribution >= 0.6 is 0 Å². The molecule has 0 amide bonds. The Hall–Kier alpha value is -1.07. The van der Waals surface area contributed by atoms with Crippen LogP contribution in [0.25, 0.3) is 0 Å². The zero-order chi connectivity index (χ0) is 15.3. The second kappa shape index (κ2) is 7.09. The summed E-state index contributed by atoms with van der Waals surface area (Å²) >= 11 is 0. The molecule has 0 aromatic heterocycles. The van der Waals surface area contributed by atoms with Crippen molar-refractivity contribution in [2.45, 2.75) is 39.0 Å². The summed E-state index contributed by atoms with van der Waals surface area (Å²) in [6, 6.07) is 5.84. The lowest BCUT2D eigenvalue weighted by atomic mass is 10.0. The number of halogens is 3. The summed E-state index contributed by atoms with van der Waals surface area (Å²) in [6.07, 6.45) is -5.15. The van der Waals surface area contributed by atoms with E-state index >= 15 is 0 Å². The SMILES string of the molecule is Cc1cc(C)cc(C(O)CCN(C)CCC(F)(F)F)c1. The molecule has 2 nitrogen and oxygen atoms in total. The van der Waals surface area contributed by atoms with Crippen LogP contribution in [0.1, 0.15) is 35.6 Å². The fourth-order valence-electron chi connectivity index (χ4n) is 2.14. The van der Waals surface area contributed by atoms with Crippen molar-refractivity contribution in [3.05, 3.63) is 34.9 Å². The summed E-state index contributed by atoms with van der Waals surface area (Å²) in [6.45, 7) is 4.31. The lowest BCUT2D eigenvalue weighted by Gasteiger charge is -2.20. The number of alkyl halides is 3. The van der Waals surface area contributed by atoms with Crippen LogP contribution in [0.4, 0.5) is 13.2 Å². The summed E-state index contributed by atoms with van der Waals surface area (Å²) in [4.78, 5) is 1.60. The second-order valence-electron chi connectivity index (χ2n) is 5.39. The molecule has 0 radical (unpaired) electrons. The van der Waals surface area contributed by atoms with Crippen molar-refractivity contribution < 1.29 is 18.3 Å². The van der Waals surface area contributed by atoms with Gasteiger partial charge in [0.1, 0.15) is 0 Å². The first-order valence-electron chi connectivity index (χ1n) is 6.69. The molecule has 1 N–H and O–H groups in total. The van der Waals surface area contributed by atoms with E-state index in [1.54, 1.807) is 11.9 Å². The molecule has 0 aliphatic rings. The number of rotatable bonds is 6. The first-order valence-corrected chi connectivity index (χ1v) is 6.69. The first-order chi connectivity index (χ1) is 9.17. The molecular formula is C15H22F3NO. The Bertz CT molecular complexity index is 411. The Morgan fingerprint density at radius 3 is 2.15 bits per heavy atom. The molecule has 1 rings (SSSR count). The second-order valence-corrected chi connectivity index (χ2v) is 5.39. The highest BCUT2D eigenvalue weighted by Gasteiger charge is 2.27. The number of aliphatic hydroxyl groups excluding tert-OH is 1.